The average molecular weight is 484 g/mol. The van der Waals surface area contributed by atoms with Crippen molar-refractivity contribution in [2.45, 2.75) is 59.8 Å². The van der Waals surface area contributed by atoms with Crippen LogP contribution in [0.3, 0.4) is 0 Å². The van der Waals surface area contributed by atoms with Crippen LogP contribution >= 0.6 is 0 Å². The Labute approximate surface area is 208 Å². The van der Waals surface area contributed by atoms with Gasteiger partial charge in [-0.25, -0.2) is 9.07 Å². The second kappa shape index (κ2) is 11.8. The van der Waals surface area contributed by atoms with Crippen LogP contribution in [0.5, 0.6) is 11.6 Å². The van der Waals surface area contributed by atoms with Gasteiger partial charge in [0.25, 0.3) is 0 Å². The van der Waals surface area contributed by atoms with E-state index >= 15 is 0 Å². The first kappa shape index (κ1) is 26.9. The van der Waals surface area contributed by atoms with E-state index in [1.807, 2.05) is 58.0 Å². The highest BCUT2D eigenvalue weighted by Gasteiger charge is 2.24. The third-order valence-corrected chi connectivity index (χ3v) is 5.36. The Kier molecular flexibility index (Phi) is 9.05. The van der Waals surface area contributed by atoms with Gasteiger partial charge in [-0.15, -0.1) is 0 Å². The molecule has 0 saturated carbocycles. The Morgan fingerprint density at radius 2 is 1.69 bits per heavy atom. The van der Waals surface area contributed by atoms with Crippen molar-refractivity contribution < 1.29 is 19.0 Å². The van der Waals surface area contributed by atoms with Gasteiger partial charge >= 0.3 is 0 Å². The number of halogens is 1. The maximum Gasteiger partial charge on any atom is 0.227 e. The number of para-hydroxylation sites is 2. The van der Waals surface area contributed by atoms with Gasteiger partial charge in [0.05, 0.1) is 35.3 Å². The van der Waals surface area contributed by atoms with Crippen molar-refractivity contribution in [1.82, 2.24) is 14.7 Å². The molecule has 2 aromatic carbocycles. The molecule has 0 aliphatic carbocycles. The molecule has 0 spiro atoms. The number of rotatable bonds is 11. The molecule has 1 aromatic heterocycles. The van der Waals surface area contributed by atoms with Crippen molar-refractivity contribution in [3.63, 3.8) is 0 Å². The Bertz CT molecular complexity index is 1080. The van der Waals surface area contributed by atoms with Crippen molar-refractivity contribution in [3.05, 3.63) is 71.7 Å². The summed E-state index contributed by atoms with van der Waals surface area (Å²) >= 11 is 0. The lowest BCUT2D eigenvalue weighted by Crippen LogP contribution is -2.38. The molecule has 1 atom stereocenters. The molecule has 0 bridgehead atoms. The molecule has 1 heterocycles. The van der Waals surface area contributed by atoms with Gasteiger partial charge < -0.3 is 14.6 Å². The molecule has 1 unspecified atom stereocenters. The van der Waals surface area contributed by atoms with E-state index in [1.54, 1.807) is 22.9 Å². The molecule has 0 fully saturated rings. The molecule has 3 aromatic rings. The van der Waals surface area contributed by atoms with E-state index in [-0.39, 0.29) is 18.0 Å². The SMILES string of the molecule is Cc1nn(-c2ccccc2)c(Oc2ccccc2F)c1CN(CC(C)C)CC(O)COC(C)(C)C. The summed E-state index contributed by atoms with van der Waals surface area (Å²) in [6.45, 7) is 14.1. The number of hydrogen-bond acceptors (Lipinski definition) is 5. The number of ether oxygens (including phenoxy) is 2. The van der Waals surface area contributed by atoms with E-state index in [9.17, 15) is 9.50 Å². The van der Waals surface area contributed by atoms with Gasteiger partial charge in [0, 0.05) is 19.6 Å². The molecule has 0 amide bonds. The fraction of sp³-hybridized carbons (Fsp3) is 0.464. The first-order valence-corrected chi connectivity index (χ1v) is 12.1. The minimum atomic E-state index is -0.645. The van der Waals surface area contributed by atoms with Crippen molar-refractivity contribution in [2.24, 2.45) is 5.92 Å². The predicted octanol–water partition coefficient (Wildman–Crippen LogP) is 5.75. The minimum Gasteiger partial charge on any atom is -0.435 e. The largest absolute Gasteiger partial charge is 0.435 e. The molecule has 3 rings (SSSR count). The Balaban J connectivity index is 1.94. The molecule has 0 radical (unpaired) electrons. The lowest BCUT2D eigenvalue weighted by molar-refractivity contribution is -0.0573. The minimum absolute atomic E-state index is 0.139. The maximum atomic E-state index is 14.5. The number of aromatic nitrogens is 2. The molecular formula is C28H38FN3O3. The third kappa shape index (κ3) is 7.88. The van der Waals surface area contributed by atoms with E-state index in [1.165, 1.54) is 6.07 Å². The first-order valence-electron chi connectivity index (χ1n) is 12.1. The normalized spacial score (nSPS) is 13.0. The monoisotopic (exact) mass is 483 g/mol. The number of nitrogens with zero attached hydrogens (tertiary/aromatic N) is 3. The zero-order valence-corrected chi connectivity index (χ0v) is 21.7. The molecule has 1 N–H and O–H groups in total. The molecule has 7 heteroatoms. The second-order valence-corrected chi connectivity index (χ2v) is 10.3. The van der Waals surface area contributed by atoms with Crippen LogP contribution in [-0.4, -0.2) is 51.2 Å². The zero-order chi connectivity index (χ0) is 25.6. The van der Waals surface area contributed by atoms with Crippen molar-refractivity contribution in [2.75, 3.05) is 19.7 Å². The second-order valence-electron chi connectivity index (χ2n) is 10.3. The number of aliphatic hydroxyl groups is 1. The fourth-order valence-corrected chi connectivity index (χ4v) is 3.84. The van der Waals surface area contributed by atoms with Gasteiger partial charge in [0.1, 0.15) is 0 Å². The number of aliphatic hydroxyl groups excluding tert-OH is 1. The zero-order valence-electron chi connectivity index (χ0n) is 21.7. The van der Waals surface area contributed by atoms with E-state index in [2.05, 4.69) is 18.7 Å². The van der Waals surface area contributed by atoms with Crippen LogP contribution in [0.2, 0.25) is 0 Å². The van der Waals surface area contributed by atoms with Crippen LogP contribution in [0.1, 0.15) is 45.9 Å². The summed E-state index contributed by atoms with van der Waals surface area (Å²) in [5.41, 5.74) is 2.14. The highest BCUT2D eigenvalue weighted by molar-refractivity contribution is 5.43. The smallest absolute Gasteiger partial charge is 0.227 e. The summed E-state index contributed by atoms with van der Waals surface area (Å²) in [4.78, 5) is 2.18. The van der Waals surface area contributed by atoms with Crippen LogP contribution in [-0.2, 0) is 11.3 Å². The summed E-state index contributed by atoms with van der Waals surface area (Å²) < 4.78 is 28.2. The van der Waals surface area contributed by atoms with Crippen LogP contribution in [0.4, 0.5) is 4.39 Å². The van der Waals surface area contributed by atoms with E-state index < -0.39 is 11.9 Å². The topological polar surface area (TPSA) is 59.8 Å². The van der Waals surface area contributed by atoms with E-state index in [4.69, 9.17) is 14.6 Å². The van der Waals surface area contributed by atoms with Crippen molar-refractivity contribution >= 4 is 0 Å². The summed E-state index contributed by atoms with van der Waals surface area (Å²) in [5, 5.41) is 15.4. The quantitative estimate of drug-likeness (QED) is 0.377. The van der Waals surface area contributed by atoms with Crippen LogP contribution in [0.15, 0.2) is 54.6 Å². The van der Waals surface area contributed by atoms with Crippen LogP contribution in [0, 0.1) is 18.7 Å². The number of aryl methyl sites for hydroxylation is 1. The van der Waals surface area contributed by atoms with Gasteiger partial charge in [-0.2, -0.15) is 5.10 Å². The molecule has 0 aliphatic rings. The first-order chi connectivity index (χ1) is 16.5. The van der Waals surface area contributed by atoms with Crippen LogP contribution in [0.25, 0.3) is 5.69 Å². The van der Waals surface area contributed by atoms with Gasteiger partial charge in [-0.3, -0.25) is 4.90 Å². The Hall–Kier alpha value is -2.74. The fourth-order valence-electron chi connectivity index (χ4n) is 3.84. The van der Waals surface area contributed by atoms with E-state index in [0.717, 1.165) is 23.5 Å². The highest BCUT2D eigenvalue weighted by atomic mass is 19.1. The highest BCUT2D eigenvalue weighted by Crippen LogP contribution is 2.33. The summed E-state index contributed by atoms with van der Waals surface area (Å²) in [6, 6.07) is 16.0. The predicted molar refractivity (Wildman–Crippen MR) is 137 cm³/mol. The average Bonchev–Trinajstić information content (AvgIpc) is 3.08. The maximum absolute atomic E-state index is 14.5. The van der Waals surface area contributed by atoms with Crippen LogP contribution < -0.4 is 4.74 Å². The molecule has 0 saturated heterocycles. The molecule has 6 nitrogen and oxygen atoms in total. The van der Waals surface area contributed by atoms with Crippen molar-refractivity contribution in [1.29, 1.82) is 0 Å². The van der Waals surface area contributed by atoms with Gasteiger partial charge in [-0.05, 0) is 57.9 Å². The van der Waals surface area contributed by atoms with E-state index in [0.29, 0.717) is 24.9 Å². The summed E-state index contributed by atoms with van der Waals surface area (Å²) in [6.07, 6.45) is -0.645. The number of benzene rings is 2. The lowest BCUT2D eigenvalue weighted by Gasteiger charge is -2.28. The number of hydrogen-bond donors (Lipinski definition) is 1. The molecule has 35 heavy (non-hydrogen) atoms. The van der Waals surface area contributed by atoms with Gasteiger partial charge in [0.2, 0.25) is 5.88 Å². The Morgan fingerprint density at radius 1 is 1.03 bits per heavy atom. The lowest BCUT2D eigenvalue weighted by atomic mass is 10.1. The molecular weight excluding hydrogens is 445 g/mol. The Morgan fingerprint density at radius 3 is 2.31 bits per heavy atom. The van der Waals surface area contributed by atoms with Gasteiger partial charge in [-0.1, -0.05) is 44.2 Å². The van der Waals surface area contributed by atoms with Crippen molar-refractivity contribution in [3.8, 4) is 17.3 Å². The van der Waals surface area contributed by atoms with Gasteiger partial charge in [0.15, 0.2) is 11.6 Å². The molecule has 0 aliphatic heterocycles. The summed E-state index contributed by atoms with van der Waals surface area (Å²) in [7, 11) is 0. The molecule has 190 valence electrons. The summed E-state index contributed by atoms with van der Waals surface area (Å²) in [5.74, 6) is 0.546. The standard InChI is InChI=1S/C28H38FN3O3/c1-20(2)16-31(17-23(33)19-34-28(4,5)6)18-24-21(3)30-32(22-12-8-7-9-13-22)27(24)35-26-15-11-10-14-25(26)29/h7-15,20,23,33H,16-19H2,1-6H3. The third-order valence-electron chi connectivity index (χ3n) is 5.36.